The first-order valence-corrected chi connectivity index (χ1v) is 6.07. The maximum Gasteiger partial charge on any atom is 0.203 e. The summed E-state index contributed by atoms with van der Waals surface area (Å²) in [7, 11) is 0. The first-order chi connectivity index (χ1) is 7.90. The fourth-order valence-corrected chi connectivity index (χ4v) is 2.01. The van der Waals surface area contributed by atoms with Crippen molar-refractivity contribution in [3.05, 3.63) is 41.6 Å². The predicted molar refractivity (Wildman–Crippen MR) is 66.7 cm³/mol. The molecule has 0 saturated carbocycles. The molecule has 0 fully saturated rings. The Hall–Kier alpha value is -1.62. The van der Waals surface area contributed by atoms with Crippen LogP contribution in [0.2, 0.25) is 0 Å². The van der Waals surface area contributed by atoms with Crippen LogP contribution in [-0.2, 0) is 13.0 Å². The van der Waals surface area contributed by atoms with E-state index in [1.807, 2.05) is 17.8 Å². The average molecular weight is 234 g/mol. The Morgan fingerprint density at radius 1 is 1.50 bits per heavy atom. The van der Waals surface area contributed by atoms with E-state index in [1.165, 1.54) is 0 Å². The van der Waals surface area contributed by atoms with Gasteiger partial charge in [-0.2, -0.15) is 0 Å². The second-order valence-electron chi connectivity index (χ2n) is 3.34. The van der Waals surface area contributed by atoms with E-state index in [2.05, 4.69) is 31.8 Å². The summed E-state index contributed by atoms with van der Waals surface area (Å²) in [6, 6.07) is 0. The predicted octanol–water partition coefficient (Wildman–Crippen LogP) is 2.18. The molecule has 0 radical (unpaired) electrons. The van der Waals surface area contributed by atoms with Crippen molar-refractivity contribution in [2.75, 3.05) is 11.9 Å². The first-order valence-electron chi connectivity index (χ1n) is 5.13. The Bertz CT molecular complexity index is 433. The van der Waals surface area contributed by atoms with Gasteiger partial charge in [0.15, 0.2) is 0 Å². The molecule has 0 aliphatic heterocycles. The highest BCUT2D eigenvalue weighted by molar-refractivity contribution is 7.07. The second kappa shape index (κ2) is 5.46. The summed E-state index contributed by atoms with van der Waals surface area (Å²) in [5.74, 6) is 0.884. The van der Waals surface area contributed by atoms with E-state index in [1.54, 1.807) is 17.5 Å². The van der Waals surface area contributed by atoms with Crippen molar-refractivity contribution in [1.29, 1.82) is 0 Å². The van der Waals surface area contributed by atoms with Crippen molar-refractivity contribution in [2.24, 2.45) is 0 Å². The van der Waals surface area contributed by atoms with Crippen LogP contribution < -0.4 is 5.32 Å². The van der Waals surface area contributed by atoms with Crippen LogP contribution in [0.15, 0.2) is 35.9 Å². The van der Waals surface area contributed by atoms with Crippen LogP contribution in [-0.4, -0.2) is 21.1 Å². The van der Waals surface area contributed by atoms with Crippen molar-refractivity contribution in [3.63, 3.8) is 0 Å². The minimum atomic E-state index is 0.730. The molecule has 2 rings (SSSR count). The molecule has 2 aromatic heterocycles. The smallest absolute Gasteiger partial charge is 0.203 e. The van der Waals surface area contributed by atoms with Gasteiger partial charge in [0.05, 0.1) is 11.2 Å². The lowest BCUT2D eigenvalue weighted by Crippen LogP contribution is -2.08. The molecule has 0 saturated heterocycles. The third kappa shape index (κ3) is 2.70. The summed E-state index contributed by atoms with van der Waals surface area (Å²) >= 11 is 1.63. The zero-order valence-corrected chi connectivity index (χ0v) is 9.78. The molecule has 16 heavy (non-hydrogen) atoms. The largest absolute Gasteiger partial charge is 0.352 e. The highest BCUT2D eigenvalue weighted by Gasteiger charge is 2.02. The summed E-state index contributed by atoms with van der Waals surface area (Å²) in [4.78, 5) is 8.50. The standard InChI is InChI=1S/C11H14N4S/c1-2-4-12-11-13-5-7-15(11)6-3-10-8-16-9-14-10/h2,5,7-9H,1,3-4,6H2,(H,12,13). The van der Waals surface area contributed by atoms with E-state index >= 15 is 0 Å². The zero-order chi connectivity index (χ0) is 11.2. The number of aryl methyl sites for hydroxylation is 2. The fraction of sp³-hybridized carbons (Fsp3) is 0.273. The lowest BCUT2D eigenvalue weighted by atomic mass is 10.3. The first kappa shape index (κ1) is 10.9. The molecule has 0 bridgehead atoms. The van der Waals surface area contributed by atoms with E-state index in [0.717, 1.165) is 31.2 Å². The number of aromatic nitrogens is 3. The molecule has 84 valence electrons. The van der Waals surface area contributed by atoms with Gasteiger partial charge in [-0.25, -0.2) is 9.97 Å². The quantitative estimate of drug-likeness (QED) is 0.779. The minimum Gasteiger partial charge on any atom is -0.352 e. The Morgan fingerprint density at radius 2 is 2.44 bits per heavy atom. The monoisotopic (exact) mass is 234 g/mol. The van der Waals surface area contributed by atoms with Crippen LogP contribution in [0.3, 0.4) is 0 Å². The SMILES string of the molecule is C=CCNc1nccn1CCc1cscn1. The van der Waals surface area contributed by atoms with Crippen LogP contribution in [0.5, 0.6) is 0 Å². The average Bonchev–Trinajstić information content (AvgIpc) is 2.94. The van der Waals surface area contributed by atoms with Gasteiger partial charge in [-0.05, 0) is 0 Å². The van der Waals surface area contributed by atoms with Crippen LogP contribution in [0.1, 0.15) is 5.69 Å². The van der Waals surface area contributed by atoms with Gasteiger partial charge >= 0.3 is 0 Å². The van der Waals surface area contributed by atoms with Crippen molar-refractivity contribution >= 4 is 17.3 Å². The highest BCUT2D eigenvalue weighted by Crippen LogP contribution is 2.07. The molecule has 0 spiro atoms. The van der Waals surface area contributed by atoms with Crippen molar-refractivity contribution in [2.45, 2.75) is 13.0 Å². The van der Waals surface area contributed by atoms with E-state index in [-0.39, 0.29) is 0 Å². The molecule has 4 nitrogen and oxygen atoms in total. The zero-order valence-electron chi connectivity index (χ0n) is 8.97. The van der Waals surface area contributed by atoms with E-state index in [4.69, 9.17) is 0 Å². The summed E-state index contributed by atoms with van der Waals surface area (Å²) in [6.45, 7) is 5.29. The van der Waals surface area contributed by atoms with E-state index in [0.29, 0.717) is 0 Å². The lowest BCUT2D eigenvalue weighted by Gasteiger charge is -2.07. The molecule has 5 heteroatoms. The number of rotatable bonds is 6. The molecule has 2 aromatic rings. The molecule has 0 unspecified atom stereocenters. The van der Waals surface area contributed by atoms with Crippen LogP contribution in [0.4, 0.5) is 5.95 Å². The molecule has 2 heterocycles. The van der Waals surface area contributed by atoms with Gasteiger partial charge in [0.2, 0.25) is 5.95 Å². The van der Waals surface area contributed by atoms with Gasteiger partial charge < -0.3 is 9.88 Å². The van der Waals surface area contributed by atoms with Gasteiger partial charge in [-0.3, -0.25) is 0 Å². The highest BCUT2D eigenvalue weighted by atomic mass is 32.1. The Balaban J connectivity index is 1.93. The lowest BCUT2D eigenvalue weighted by molar-refractivity contribution is 0.693. The van der Waals surface area contributed by atoms with Gasteiger partial charge in [0.1, 0.15) is 0 Å². The number of imidazole rings is 1. The molecule has 1 N–H and O–H groups in total. The third-order valence-corrected chi connectivity index (χ3v) is 2.85. The Morgan fingerprint density at radius 3 is 3.19 bits per heavy atom. The molecule has 0 aromatic carbocycles. The third-order valence-electron chi connectivity index (χ3n) is 2.21. The fourth-order valence-electron chi connectivity index (χ4n) is 1.42. The summed E-state index contributed by atoms with van der Waals surface area (Å²) in [5, 5.41) is 5.27. The van der Waals surface area contributed by atoms with Crippen LogP contribution in [0, 0.1) is 0 Å². The number of hydrogen-bond acceptors (Lipinski definition) is 4. The summed E-state index contributed by atoms with van der Waals surface area (Å²) in [6.07, 6.45) is 6.52. The number of nitrogens with zero attached hydrogens (tertiary/aromatic N) is 3. The number of hydrogen-bond donors (Lipinski definition) is 1. The topological polar surface area (TPSA) is 42.7 Å². The number of thiazole rings is 1. The maximum atomic E-state index is 4.26. The molecular weight excluding hydrogens is 220 g/mol. The van der Waals surface area contributed by atoms with Gasteiger partial charge in [0.25, 0.3) is 0 Å². The second-order valence-corrected chi connectivity index (χ2v) is 4.06. The van der Waals surface area contributed by atoms with Crippen molar-refractivity contribution in [3.8, 4) is 0 Å². The van der Waals surface area contributed by atoms with Crippen LogP contribution >= 0.6 is 11.3 Å². The Kier molecular flexibility index (Phi) is 3.71. The van der Waals surface area contributed by atoms with Crippen molar-refractivity contribution in [1.82, 2.24) is 14.5 Å². The molecule has 0 atom stereocenters. The summed E-state index contributed by atoms with van der Waals surface area (Å²) < 4.78 is 2.09. The normalized spacial score (nSPS) is 10.2. The van der Waals surface area contributed by atoms with Crippen molar-refractivity contribution < 1.29 is 0 Å². The van der Waals surface area contributed by atoms with E-state index in [9.17, 15) is 0 Å². The maximum absolute atomic E-state index is 4.26. The number of anilines is 1. The summed E-state index contributed by atoms with van der Waals surface area (Å²) in [5.41, 5.74) is 2.99. The van der Waals surface area contributed by atoms with E-state index < -0.39 is 0 Å². The van der Waals surface area contributed by atoms with Crippen LogP contribution in [0.25, 0.3) is 0 Å². The molecular formula is C11H14N4S. The molecule has 0 aliphatic carbocycles. The minimum absolute atomic E-state index is 0.730. The van der Waals surface area contributed by atoms with Gasteiger partial charge in [-0.1, -0.05) is 6.08 Å². The Labute approximate surface area is 98.7 Å². The van der Waals surface area contributed by atoms with Gasteiger partial charge in [0, 0.05) is 37.3 Å². The van der Waals surface area contributed by atoms with Gasteiger partial charge in [-0.15, -0.1) is 17.9 Å². The molecule has 0 amide bonds. The number of nitrogens with one attached hydrogen (secondary N) is 1. The molecule has 0 aliphatic rings.